The van der Waals surface area contributed by atoms with E-state index in [2.05, 4.69) is 0 Å². The van der Waals surface area contributed by atoms with E-state index in [-0.39, 0.29) is 5.91 Å². The fraction of sp³-hybridized carbons (Fsp3) is 0.857. The lowest BCUT2D eigenvalue weighted by atomic mass is 10.3. The van der Waals surface area contributed by atoms with Crippen molar-refractivity contribution in [3.05, 3.63) is 0 Å². The van der Waals surface area contributed by atoms with Gasteiger partial charge in [-0.2, -0.15) is 0 Å². The molecule has 0 bridgehead atoms. The largest absolute Gasteiger partial charge is 0.369 e. The van der Waals surface area contributed by atoms with Gasteiger partial charge in [-0.25, -0.2) is 0 Å². The van der Waals surface area contributed by atoms with Gasteiger partial charge in [0.25, 0.3) is 0 Å². The lowest BCUT2D eigenvalue weighted by molar-refractivity contribution is -0.115. The van der Waals surface area contributed by atoms with E-state index in [9.17, 15) is 4.79 Å². The van der Waals surface area contributed by atoms with Gasteiger partial charge in [-0.15, -0.1) is 11.8 Å². The number of thioether (sulfide) groups is 1. The SMILES string of the molecule is NC(=O)CSC1CCC(N)C1. The van der Waals surface area contributed by atoms with E-state index in [1.54, 1.807) is 11.8 Å². The van der Waals surface area contributed by atoms with E-state index < -0.39 is 0 Å². The van der Waals surface area contributed by atoms with Crippen LogP contribution in [0.3, 0.4) is 0 Å². The van der Waals surface area contributed by atoms with Crippen LogP contribution in [0.4, 0.5) is 0 Å². The van der Waals surface area contributed by atoms with Crippen LogP contribution in [0.15, 0.2) is 0 Å². The molecule has 2 unspecified atom stereocenters. The highest BCUT2D eigenvalue weighted by Crippen LogP contribution is 2.28. The average Bonchev–Trinajstić information content (AvgIpc) is 2.31. The molecule has 1 aliphatic carbocycles. The van der Waals surface area contributed by atoms with E-state index >= 15 is 0 Å². The summed E-state index contributed by atoms with van der Waals surface area (Å²) >= 11 is 1.64. The Morgan fingerprint density at radius 1 is 1.55 bits per heavy atom. The summed E-state index contributed by atoms with van der Waals surface area (Å²) in [6.07, 6.45) is 3.27. The number of carbonyl (C=O) groups excluding carboxylic acids is 1. The van der Waals surface area contributed by atoms with Crippen molar-refractivity contribution >= 4 is 17.7 Å². The zero-order valence-corrected chi connectivity index (χ0v) is 7.27. The standard InChI is InChI=1S/C7H14N2OS/c8-5-1-2-6(3-5)11-4-7(9)10/h5-6H,1-4,8H2,(H2,9,10). The van der Waals surface area contributed by atoms with E-state index in [1.165, 1.54) is 0 Å². The Morgan fingerprint density at radius 3 is 2.73 bits per heavy atom. The second kappa shape index (κ2) is 3.97. The molecule has 0 spiro atoms. The van der Waals surface area contributed by atoms with Gasteiger partial charge in [0.15, 0.2) is 0 Å². The van der Waals surface area contributed by atoms with Gasteiger partial charge in [0.05, 0.1) is 5.75 Å². The van der Waals surface area contributed by atoms with Crippen LogP contribution >= 0.6 is 11.8 Å². The summed E-state index contributed by atoms with van der Waals surface area (Å²) in [5, 5.41) is 0.567. The van der Waals surface area contributed by atoms with Crippen LogP contribution < -0.4 is 11.5 Å². The van der Waals surface area contributed by atoms with Gasteiger partial charge in [0.1, 0.15) is 0 Å². The third-order valence-corrected chi connectivity index (χ3v) is 3.24. The van der Waals surface area contributed by atoms with E-state index in [0.29, 0.717) is 17.0 Å². The normalized spacial score (nSPS) is 30.6. The minimum Gasteiger partial charge on any atom is -0.369 e. The number of rotatable bonds is 3. The first-order valence-corrected chi connectivity index (χ1v) is 4.89. The molecule has 0 radical (unpaired) electrons. The summed E-state index contributed by atoms with van der Waals surface area (Å²) in [6, 6.07) is 0.348. The maximum atomic E-state index is 10.4. The molecule has 0 saturated heterocycles. The molecule has 1 rings (SSSR count). The first-order valence-electron chi connectivity index (χ1n) is 3.84. The number of nitrogens with two attached hydrogens (primary N) is 2. The van der Waals surface area contributed by atoms with Crippen molar-refractivity contribution in [3.8, 4) is 0 Å². The Hall–Kier alpha value is -0.220. The number of amides is 1. The zero-order valence-electron chi connectivity index (χ0n) is 6.45. The van der Waals surface area contributed by atoms with Gasteiger partial charge in [-0.05, 0) is 19.3 Å². The fourth-order valence-corrected chi connectivity index (χ4v) is 2.41. The number of hydrogen-bond acceptors (Lipinski definition) is 3. The summed E-state index contributed by atoms with van der Waals surface area (Å²) < 4.78 is 0. The molecule has 1 saturated carbocycles. The monoisotopic (exact) mass is 174 g/mol. The first kappa shape index (κ1) is 8.87. The molecule has 0 heterocycles. The maximum absolute atomic E-state index is 10.4. The molecule has 11 heavy (non-hydrogen) atoms. The molecule has 4 heteroatoms. The van der Waals surface area contributed by atoms with Gasteiger partial charge in [0, 0.05) is 11.3 Å². The van der Waals surface area contributed by atoms with Crippen molar-refractivity contribution in [2.75, 3.05) is 5.75 Å². The molecule has 1 fully saturated rings. The van der Waals surface area contributed by atoms with E-state index in [0.717, 1.165) is 19.3 Å². The molecule has 0 aliphatic heterocycles. The molecular weight excluding hydrogens is 160 g/mol. The number of primary amides is 1. The van der Waals surface area contributed by atoms with Crippen LogP contribution in [-0.2, 0) is 4.79 Å². The summed E-state index contributed by atoms with van der Waals surface area (Å²) in [5.74, 6) is 0.215. The quantitative estimate of drug-likeness (QED) is 0.637. The van der Waals surface area contributed by atoms with Gasteiger partial charge < -0.3 is 11.5 Å². The Balaban J connectivity index is 2.13. The highest BCUT2D eigenvalue weighted by atomic mass is 32.2. The van der Waals surface area contributed by atoms with Gasteiger partial charge in [-0.3, -0.25) is 4.79 Å². The second-order valence-electron chi connectivity index (χ2n) is 2.97. The number of hydrogen-bond donors (Lipinski definition) is 2. The van der Waals surface area contributed by atoms with Crippen molar-refractivity contribution in [1.29, 1.82) is 0 Å². The Morgan fingerprint density at radius 2 is 2.27 bits per heavy atom. The zero-order chi connectivity index (χ0) is 8.27. The van der Waals surface area contributed by atoms with Crippen LogP contribution in [0.25, 0.3) is 0 Å². The van der Waals surface area contributed by atoms with Crippen molar-refractivity contribution in [1.82, 2.24) is 0 Å². The summed E-state index contributed by atoms with van der Waals surface area (Å²) in [7, 11) is 0. The first-order chi connectivity index (χ1) is 5.18. The van der Waals surface area contributed by atoms with Crippen LogP contribution in [0, 0.1) is 0 Å². The minimum atomic E-state index is -0.226. The van der Waals surface area contributed by atoms with Crippen molar-refractivity contribution < 1.29 is 4.79 Å². The topological polar surface area (TPSA) is 69.1 Å². The smallest absolute Gasteiger partial charge is 0.227 e. The summed E-state index contributed by atoms with van der Waals surface area (Å²) in [4.78, 5) is 10.4. The van der Waals surface area contributed by atoms with Crippen molar-refractivity contribution in [2.45, 2.75) is 30.6 Å². The van der Waals surface area contributed by atoms with Crippen LogP contribution in [0.2, 0.25) is 0 Å². The molecule has 3 nitrogen and oxygen atoms in total. The molecule has 2 atom stereocenters. The Labute approximate surface area is 70.9 Å². The molecule has 0 aromatic rings. The number of carbonyl (C=O) groups is 1. The summed E-state index contributed by atoms with van der Waals surface area (Å²) in [5.41, 5.74) is 10.7. The highest BCUT2D eigenvalue weighted by Gasteiger charge is 2.21. The third kappa shape index (κ3) is 3.12. The predicted molar refractivity (Wildman–Crippen MR) is 47.3 cm³/mol. The minimum absolute atomic E-state index is 0.226. The van der Waals surface area contributed by atoms with E-state index in [4.69, 9.17) is 11.5 Å². The highest BCUT2D eigenvalue weighted by molar-refractivity contribution is 8.00. The second-order valence-corrected chi connectivity index (χ2v) is 4.26. The molecule has 0 aromatic carbocycles. The lowest BCUT2D eigenvalue weighted by Gasteiger charge is -2.06. The molecule has 4 N–H and O–H groups in total. The Bertz CT molecular complexity index is 151. The fourth-order valence-electron chi connectivity index (χ4n) is 1.32. The molecule has 64 valence electrons. The van der Waals surface area contributed by atoms with Crippen LogP contribution in [0.1, 0.15) is 19.3 Å². The molecular formula is C7H14N2OS. The van der Waals surface area contributed by atoms with Crippen LogP contribution in [0.5, 0.6) is 0 Å². The van der Waals surface area contributed by atoms with Crippen molar-refractivity contribution in [3.63, 3.8) is 0 Å². The Kier molecular flexibility index (Phi) is 3.20. The van der Waals surface area contributed by atoms with Crippen LogP contribution in [-0.4, -0.2) is 23.0 Å². The van der Waals surface area contributed by atoms with Gasteiger partial charge in [0.2, 0.25) is 5.91 Å². The maximum Gasteiger partial charge on any atom is 0.227 e. The molecule has 1 aliphatic rings. The average molecular weight is 174 g/mol. The van der Waals surface area contributed by atoms with Gasteiger partial charge in [-0.1, -0.05) is 0 Å². The predicted octanol–water partition coefficient (Wildman–Crippen LogP) is 0.0847. The molecule has 0 aromatic heterocycles. The lowest BCUT2D eigenvalue weighted by Crippen LogP contribution is -2.17. The summed E-state index contributed by atoms with van der Waals surface area (Å²) in [6.45, 7) is 0. The molecule has 1 amide bonds. The van der Waals surface area contributed by atoms with E-state index in [1.807, 2.05) is 0 Å². The van der Waals surface area contributed by atoms with Gasteiger partial charge >= 0.3 is 0 Å². The van der Waals surface area contributed by atoms with Crippen molar-refractivity contribution in [2.24, 2.45) is 11.5 Å². The third-order valence-electron chi connectivity index (χ3n) is 1.89.